The van der Waals surface area contributed by atoms with Crippen LogP contribution in [0.25, 0.3) is 10.8 Å². The molecule has 2 aromatic carbocycles. The van der Waals surface area contributed by atoms with Crippen LogP contribution in [0.3, 0.4) is 0 Å². The summed E-state index contributed by atoms with van der Waals surface area (Å²) in [6, 6.07) is 7.05. The quantitative estimate of drug-likeness (QED) is 0.569. The molecule has 0 radical (unpaired) electrons. The number of morpholine rings is 1. The molecule has 2 saturated heterocycles. The molecule has 1 amide bonds. The summed E-state index contributed by atoms with van der Waals surface area (Å²) in [6.07, 6.45) is 0.758. The van der Waals surface area contributed by atoms with Gasteiger partial charge in [0.05, 0.1) is 18.8 Å². The first kappa shape index (κ1) is 19.0. The Bertz CT molecular complexity index is 1070. The number of carbonyl (C=O) groups excluding carboxylic acids is 1. The van der Waals surface area contributed by atoms with Gasteiger partial charge in [-0.25, -0.2) is 0 Å². The highest BCUT2D eigenvalue weighted by atomic mass is 32.2. The van der Waals surface area contributed by atoms with Gasteiger partial charge in [0, 0.05) is 22.9 Å². The molecule has 2 bridgehead atoms. The lowest BCUT2D eigenvalue weighted by atomic mass is 9.98. The minimum absolute atomic E-state index is 0.000784. The highest BCUT2D eigenvalue weighted by Gasteiger charge is 2.49. The van der Waals surface area contributed by atoms with Gasteiger partial charge in [0.25, 0.3) is 5.91 Å². The molecule has 2 unspecified atom stereocenters. The highest BCUT2D eigenvalue weighted by Crippen LogP contribution is 2.37. The van der Waals surface area contributed by atoms with Crippen LogP contribution in [0.4, 0.5) is 13.2 Å². The van der Waals surface area contributed by atoms with Gasteiger partial charge >= 0.3 is 15.6 Å². The fourth-order valence-corrected chi connectivity index (χ4v) is 4.26. The molecule has 6 nitrogen and oxygen atoms in total. The number of halogens is 3. The Morgan fingerprint density at radius 2 is 2.00 bits per heavy atom. The lowest BCUT2D eigenvalue weighted by Gasteiger charge is -2.27. The van der Waals surface area contributed by atoms with E-state index in [0.29, 0.717) is 24.1 Å². The number of benzene rings is 2. The summed E-state index contributed by atoms with van der Waals surface area (Å²) < 4.78 is 70.8. The van der Waals surface area contributed by atoms with Gasteiger partial charge in [-0.1, -0.05) is 18.2 Å². The Hall–Kier alpha value is -2.33. The number of amides is 1. The number of hydrogen-bond donors (Lipinski definition) is 0. The van der Waals surface area contributed by atoms with Gasteiger partial charge in [-0.15, -0.1) is 0 Å². The average Bonchev–Trinajstić information content (AvgIpc) is 3.24. The number of fused-ring (bicyclic) bond motifs is 3. The topological polar surface area (TPSA) is 72.9 Å². The van der Waals surface area contributed by atoms with Gasteiger partial charge in [-0.05, 0) is 31.0 Å². The lowest BCUT2D eigenvalue weighted by Crippen LogP contribution is -2.41. The fraction of sp³-hybridized carbons (Fsp3) is 0.389. The first-order valence-corrected chi connectivity index (χ1v) is 9.95. The zero-order valence-electron chi connectivity index (χ0n) is 14.7. The maximum atomic E-state index is 13.1. The predicted molar refractivity (Wildman–Crippen MR) is 93.5 cm³/mol. The second-order valence-corrected chi connectivity index (χ2v) is 8.43. The van der Waals surface area contributed by atoms with E-state index < -0.39 is 21.4 Å². The van der Waals surface area contributed by atoms with Crippen molar-refractivity contribution in [1.29, 1.82) is 0 Å². The van der Waals surface area contributed by atoms with Crippen molar-refractivity contribution < 1.29 is 35.3 Å². The van der Waals surface area contributed by atoms with Gasteiger partial charge in [0.1, 0.15) is 0 Å². The van der Waals surface area contributed by atoms with Crippen LogP contribution in [0, 0.1) is 6.92 Å². The molecule has 28 heavy (non-hydrogen) atoms. The number of carbonyl (C=O) groups is 1. The van der Waals surface area contributed by atoms with Crippen LogP contribution in [-0.2, 0) is 14.9 Å². The average molecular weight is 415 g/mol. The van der Waals surface area contributed by atoms with E-state index in [4.69, 9.17) is 4.74 Å². The summed E-state index contributed by atoms with van der Waals surface area (Å²) in [5.74, 6) is -0.737. The summed E-state index contributed by atoms with van der Waals surface area (Å²) in [5.41, 5.74) is -4.64. The van der Waals surface area contributed by atoms with Crippen LogP contribution in [0.15, 0.2) is 30.3 Å². The third-order valence-electron chi connectivity index (χ3n) is 5.08. The standard InChI is InChI=1S/C18H16F3NO5S/c1-10-3-2-4-13-15(27-28(24,25)18(19,20)21)6-5-14(16(10)13)17(23)22-8-12-7-11(22)9-26-12/h2-6,11-12H,7-9H2,1H3. The van der Waals surface area contributed by atoms with Crippen LogP contribution in [0.5, 0.6) is 5.75 Å². The van der Waals surface area contributed by atoms with Gasteiger partial charge < -0.3 is 13.8 Å². The van der Waals surface area contributed by atoms with E-state index in [0.717, 1.165) is 12.5 Å². The Morgan fingerprint density at radius 1 is 1.25 bits per heavy atom. The van der Waals surface area contributed by atoms with Crippen molar-refractivity contribution in [3.63, 3.8) is 0 Å². The fourth-order valence-electron chi connectivity index (χ4n) is 3.78. The van der Waals surface area contributed by atoms with E-state index in [-0.39, 0.29) is 29.0 Å². The molecule has 0 saturated carbocycles. The molecule has 2 aromatic rings. The Labute approximate surface area is 159 Å². The highest BCUT2D eigenvalue weighted by molar-refractivity contribution is 7.88. The molecule has 10 heteroatoms. The van der Waals surface area contributed by atoms with Gasteiger partial charge in [-0.2, -0.15) is 21.6 Å². The number of hydrogen-bond acceptors (Lipinski definition) is 5. The van der Waals surface area contributed by atoms with Gasteiger partial charge in [0.15, 0.2) is 5.75 Å². The van der Waals surface area contributed by atoms with E-state index >= 15 is 0 Å². The van der Waals surface area contributed by atoms with E-state index in [1.807, 2.05) is 0 Å². The third-order valence-corrected chi connectivity index (χ3v) is 6.05. The van der Waals surface area contributed by atoms with E-state index in [1.54, 1.807) is 24.0 Å². The number of likely N-dealkylation sites (tertiary alicyclic amines) is 1. The molecular weight excluding hydrogens is 399 g/mol. The summed E-state index contributed by atoms with van der Waals surface area (Å²) in [5, 5.41) is 0.491. The molecule has 2 aliphatic rings. The summed E-state index contributed by atoms with van der Waals surface area (Å²) in [6.45, 7) is 2.61. The monoisotopic (exact) mass is 415 g/mol. The molecule has 0 aromatic heterocycles. The first-order chi connectivity index (χ1) is 13.1. The minimum atomic E-state index is -5.82. The smallest absolute Gasteiger partial charge is 0.375 e. The van der Waals surface area contributed by atoms with E-state index in [1.165, 1.54) is 12.1 Å². The Kier molecular flexibility index (Phi) is 4.31. The molecular formula is C18H16F3NO5S. The summed E-state index contributed by atoms with van der Waals surface area (Å²) >= 11 is 0. The number of aryl methyl sites for hydroxylation is 1. The van der Waals surface area contributed by atoms with Crippen LogP contribution in [-0.4, -0.2) is 50.0 Å². The molecule has 4 rings (SSSR count). The van der Waals surface area contributed by atoms with Crippen molar-refractivity contribution in [3.05, 3.63) is 41.5 Å². The van der Waals surface area contributed by atoms with Gasteiger partial charge in [0.2, 0.25) is 0 Å². The molecule has 2 heterocycles. The summed E-state index contributed by atoms with van der Waals surface area (Å²) in [4.78, 5) is 14.8. The molecule has 2 fully saturated rings. The van der Waals surface area contributed by atoms with Crippen molar-refractivity contribution in [2.75, 3.05) is 13.2 Å². The number of nitrogens with zero attached hydrogens (tertiary/aromatic N) is 1. The zero-order valence-corrected chi connectivity index (χ0v) is 15.5. The van der Waals surface area contributed by atoms with E-state index in [9.17, 15) is 26.4 Å². The Morgan fingerprint density at radius 3 is 2.61 bits per heavy atom. The van der Waals surface area contributed by atoms with Crippen LogP contribution < -0.4 is 4.18 Å². The molecule has 2 aliphatic heterocycles. The minimum Gasteiger partial charge on any atom is -0.375 e. The lowest BCUT2D eigenvalue weighted by molar-refractivity contribution is -0.0499. The van der Waals surface area contributed by atoms with Crippen molar-refractivity contribution in [2.45, 2.75) is 31.0 Å². The zero-order chi connectivity index (χ0) is 20.3. The molecule has 0 aliphatic carbocycles. The largest absolute Gasteiger partial charge is 0.534 e. The molecule has 150 valence electrons. The maximum Gasteiger partial charge on any atom is 0.534 e. The molecule has 0 N–H and O–H groups in total. The summed E-state index contributed by atoms with van der Waals surface area (Å²) in [7, 11) is -5.82. The normalized spacial score (nSPS) is 22.1. The van der Waals surface area contributed by atoms with Crippen molar-refractivity contribution in [1.82, 2.24) is 4.90 Å². The molecule has 2 atom stereocenters. The third kappa shape index (κ3) is 3.00. The number of rotatable bonds is 3. The maximum absolute atomic E-state index is 13.1. The van der Waals surface area contributed by atoms with Gasteiger partial charge in [-0.3, -0.25) is 4.79 Å². The first-order valence-electron chi connectivity index (χ1n) is 8.54. The second-order valence-electron chi connectivity index (χ2n) is 6.89. The molecule has 0 spiro atoms. The second kappa shape index (κ2) is 6.35. The van der Waals surface area contributed by atoms with Crippen molar-refractivity contribution >= 4 is 26.8 Å². The SMILES string of the molecule is Cc1cccc2c(OS(=O)(=O)C(F)(F)F)ccc(C(=O)N3CC4CC3CO4)c12. The number of alkyl halides is 3. The van der Waals surface area contributed by atoms with E-state index in [2.05, 4.69) is 4.18 Å². The van der Waals surface area contributed by atoms with Crippen molar-refractivity contribution in [2.24, 2.45) is 0 Å². The predicted octanol–water partition coefficient (Wildman–Crippen LogP) is 2.99. The number of ether oxygens (including phenoxy) is 1. The van der Waals surface area contributed by atoms with Crippen molar-refractivity contribution in [3.8, 4) is 5.75 Å². The Balaban J connectivity index is 1.79. The van der Waals surface area contributed by atoms with Crippen LogP contribution in [0.1, 0.15) is 22.3 Å². The van der Waals surface area contributed by atoms with Crippen LogP contribution >= 0.6 is 0 Å². The van der Waals surface area contributed by atoms with Crippen LogP contribution in [0.2, 0.25) is 0 Å².